The van der Waals surface area contributed by atoms with Crippen LogP contribution in [0, 0.1) is 5.92 Å². The van der Waals surface area contributed by atoms with E-state index >= 15 is 0 Å². The number of hydrogen-bond acceptors (Lipinski definition) is 2. The topological polar surface area (TPSA) is 37.4 Å². The first-order valence-electron chi connectivity index (χ1n) is 5.68. The molecule has 3 nitrogen and oxygen atoms in total. The van der Waals surface area contributed by atoms with Crippen LogP contribution in [0.1, 0.15) is 12.0 Å². The molecule has 1 amide bonds. The van der Waals surface area contributed by atoms with Gasteiger partial charge in [-0.05, 0) is 5.56 Å². The fraction of sp³-hybridized carbons (Fsp3) is 0.286. The molecule has 1 aliphatic rings. The van der Waals surface area contributed by atoms with Gasteiger partial charge in [0.05, 0.1) is 0 Å². The highest BCUT2D eigenvalue weighted by Crippen LogP contribution is 2.26. The van der Waals surface area contributed by atoms with Crippen molar-refractivity contribution in [2.75, 3.05) is 6.54 Å². The van der Waals surface area contributed by atoms with Gasteiger partial charge in [-0.1, -0.05) is 36.9 Å². The van der Waals surface area contributed by atoms with Gasteiger partial charge < -0.3 is 9.69 Å². The number of carbonyl (C=O) groups excluding carboxylic acids is 2. The molecular formula is C14H15NO2. The van der Waals surface area contributed by atoms with E-state index in [1.807, 2.05) is 30.3 Å². The van der Waals surface area contributed by atoms with Crippen LogP contribution in [0.5, 0.6) is 0 Å². The molecular weight excluding hydrogens is 214 g/mol. The Morgan fingerprint density at radius 3 is 2.71 bits per heavy atom. The Kier molecular flexibility index (Phi) is 3.38. The van der Waals surface area contributed by atoms with Gasteiger partial charge in [0, 0.05) is 31.0 Å². The quantitative estimate of drug-likeness (QED) is 0.583. The summed E-state index contributed by atoms with van der Waals surface area (Å²) in [5, 5.41) is 0. The molecule has 0 N–H and O–H groups in total. The van der Waals surface area contributed by atoms with Crippen molar-refractivity contribution in [3.05, 3.63) is 48.0 Å². The molecule has 1 aliphatic heterocycles. The van der Waals surface area contributed by atoms with Gasteiger partial charge in [0.1, 0.15) is 6.29 Å². The maximum atomic E-state index is 11.9. The molecule has 0 aliphatic carbocycles. The molecule has 0 saturated carbocycles. The van der Waals surface area contributed by atoms with E-state index < -0.39 is 0 Å². The Bertz CT molecular complexity index is 439. The van der Waals surface area contributed by atoms with Crippen LogP contribution in [-0.2, 0) is 16.1 Å². The summed E-state index contributed by atoms with van der Waals surface area (Å²) >= 11 is 0. The molecule has 1 saturated heterocycles. The largest absolute Gasteiger partial charge is 0.334 e. The van der Waals surface area contributed by atoms with Crippen LogP contribution in [0.25, 0.3) is 0 Å². The summed E-state index contributed by atoms with van der Waals surface area (Å²) in [6, 6.07) is 9.83. The summed E-state index contributed by atoms with van der Waals surface area (Å²) in [7, 11) is 0. The second-order valence-corrected chi connectivity index (χ2v) is 4.30. The normalized spacial score (nSPS) is 19.8. The molecule has 0 unspecified atom stereocenters. The van der Waals surface area contributed by atoms with Gasteiger partial charge >= 0.3 is 0 Å². The van der Waals surface area contributed by atoms with Gasteiger partial charge in [-0.15, -0.1) is 0 Å². The van der Waals surface area contributed by atoms with Gasteiger partial charge in [0.15, 0.2) is 0 Å². The third-order valence-corrected chi connectivity index (χ3v) is 3.09. The van der Waals surface area contributed by atoms with E-state index in [1.54, 1.807) is 4.90 Å². The molecule has 1 fully saturated rings. The fourth-order valence-electron chi connectivity index (χ4n) is 2.11. The molecule has 1 heterocycles. The zero-order chi connectivity index (χ0) is 12.3. The summed E-state index contributed by atoms with van der Waals surface area (Å²) < 4.78 is 0. The van der Waals surface area contributed by atoms with Crippen molar-refractivity contribution in [2.45, 2.75) is 13.0 Å². The lowest BCUT2D eigenvalue weighted by Crippen LogP contribution is -2.24. The Morgan fingerprint density at radius 2 is 2.06 bits per heavy atom. The fourth-order valence-corrected chi connectivity index (χ4v) is 2.11. The van der Waals surface area contributed by atoms with Gasteiger partial charge in [0.2, 0.25) is 5.91 Å². The molecule has 1 atom stereocenters. The molecule has 2 rings (SSSR count). The minimum atomic E-state index is -0.0271. The number of hydrogen-bond donors (Lipinski definition) is 0. The third kappa shape index (κ3) is 2.44. The predicted molar refractivity (Wildman–Crippen MR) is 65.2 cm³/mol. The summed E-state index contributed by atoms with van der Waals surface area (Å²) in [4.78, 5) is 24.2. The molecule has 1 aromatic rings. The smallest absolute Gasteiger partial charge is 0.249 e. The zero-order valence-corrected chi connectivity index (χ0v) is 9.63. The third-order valence-electron chi connectivity index (χ3n) is 3.09. The lowest BCUT2D eigenvalue weighted by atomic mass is 10.0. The Hall–Kier alpha value is -1.90. The number of nitrogens with zero attached hydrogens (tertiary/aromatic N) is 1. The first-order valence-corrected chi connectivity index (χ1v) is 5.68. The van der Waals surface area contributed by atoms with Crippen molar-refractivity contribution in [3.63, 3.8) is 0 Å². The Balaban J connectivity index is 2.06. The Morgan fingerprint density at radius 1 is 1.35 bits per heavy atom. The van der Waals surface area contributed by atoms with Gasteiger partial charge in [-0.3, -0.25) is 4.79 Å². The number of aldehydes is 1. The SMILES string of the molecule is C=C1C(=O)N(Cc2ccccc2)C[C@H]1CC=O. The van der Waals surface area contributed by atoms with Crippen molar-refractivity contribution in [2.24, 2.45) is 5.92 Å². The summed E-state index contributed by atoms with van der Waals surface area (Å²) in [6.07, 6.45) is 1.24. The van der Waals surface area contributed by atoms with Crippen LogP contribution < -0.4 is 0 Å². The average molecular weight is 229 g/mol. The number of rotatable bonds is 4. The highest BCUT2D eigenvalue weighted by molar-refractivity contribution is 5.96. The molecule has 1 aromatic carbocycles. The van der Waals surface area contributed by atoms with Crippen LogP contribution in [0.15, 0.2) is 42.5 Å². The van der Waals surface area contributed by atoms with Crippen LogP contribution in [-0.4, -0.2) is 23.6 Å². The minimum Gasteiger partial charge on any atom is -0.334 e. The molecule has 17 heavy (non-hydrogen) atoms. The Labute approximate surface area is 101 Å². The van der Waals surface area contributed by atoms with Gasteiger partial charge in [-0.25, -0.2) is 0 Å². The molecule has 3 heteroatoms. The second kappa shape index (κ2) is 4.95. The first-order chi connectivity index (χ1) is 8.22. The lowest BCUT2D eigenvalue weighted by Gasteiger charge is -2.15. The predicted octanol–water partition coefficient (Wildman–Crippen LogP) is 1.79. The van der Waals surface area contributed by atoms with E-state index in [1.165, 1.54) is 0 Å². The molecule has 0 bridgehead atoms. The van der Waals surface area contributed by atoms with Crippen molar-refractivity contribution in [1.82, 2.24) is 4.90 Å². The van der Waals surface area contributed by atoms with Crippen molar-refractivity contribution < 1.29 is 9.59 Å². The van der Waals surface area contributed by atoms with Crippen LogP contribution in [0.3, 0.4) is 0 Å². The number of amides is 1. The molecule has 0 spiro atoms. The standard InChI is InChI=1S/C14H15NO2/c1-11-13(7-8-16)10-15(14(11)17)9-12-5-3-2-4-6-12/h2-6,8,13H,1,7,9-10H2/t13-/m1/s1. The second-order valence-electron chi connectivity index (χ2n) is 4.30. The van der Waals surface area contributed by atoms with Gasteiger partial charge in [0.25, 0.3) is 0 Å². The first kappa shape index (κ1) is 11.6. The van der Waals surface area contributed by atoms with Crippen LogP contribution in [0.2, 0.25) is 0 Å². The summed E-state index contributed by atoms with van der Waals surface area (Å²) in [5.41, 5.74) is 1.66. The van der Waals surface area contributed by atoms with Gasteiger partial charge in [-0.2, -0.15) is 0 Å². The van der Waals surface area contributed by atoms with Crippen molar-refractivity contribution in [3.8, 4) is 0 Å². The van der Waals surface area contributed by atoms with Crippen LogP contribution >= 0.6 is 0 Å². The number of likely N-dealkylation sites (tertiary alicyclic amines) is 1. The maximum Gasteiger partial charge on any atom is 0.249 e. The summed E-state index contributed by atoms with van der Waals surface area (Å²) in [6.45, 7) is 4.97. The van der Waals surface area contributed by atoms with E-state index in [9.17, 15) is 9.59 Å². The summed E-state index contributed by atoms with van der Waals surface area (Å²) in [5.74, 6) is -0.0376. The maximum absolute atomic E-state index is 11.9. The zero-order valence-electron chi connectivity index (χ0n) is 9.63. The van der Waals surface area contributed by atoms with Crippen molar-refractivity contribution in [1.29, 1.82) is 0 Å². The highest BCUT2D eigenvalue weighted by atomic mass is 16.2. The average Bonchev–Trinajstić information content (AvgIpc) is 2.60. The highest BCUT2D eigenvalue weighted by Gasteiger charge is 2.32. The number of benzene rings is 1. The van der Waals surface area contributed by atoms with E-state index in [-0.39, 0.29) is 11.8 Å². The lowest BCUT2D eigenvalue weighted by molar-refractivity contribution is -0.125. The van der Waals surface area contributed by atoms with Crippen LogP contribution in [0.4, 0.5) is 0 Å². The van der Waals surface area contributed by atoms with Crippen molar-refractivity contribution >= 4 is 12.2 Å². The van der Waals surface area contributed by atoms with E-state index in [2.05, 4.69) is 6.58 Å². The number of carbonyl (C=O) groups is 2. The molecule has 88 valence electrons. The molecule has 0 radical (unpaired) electrons. The van der Waals surface area contributed by atoms with E-state index in [0.29, 0.717) is 25.1 Å². The molecule has 0 aromatic heterocycles. The minimum absolute atomic E-state index is 0.0105. The van der Waals surface area contributed by atoms with E-state index in [4.69, 9.17) is 0 Å². The monoisotopic (exact) mass is 229 g/mol. The van der Waals surface area contributed by atoms with E-state index in [0.717, 1.165) is 11.8 Å².